The summed E-state index contributed by atoms with van der Waals surface area (Å²) >= 11 is 0. The lowest BCUT2D eigenvalue weighted by Gasteiger charge is -2.19. The highest BCUT2D eigenvalue weighted by Crippen LogP contribution is 2.35. The first-order chi connectivity index (χ1) is 19.2. The molecule has 10 nitrogen and oxygen atoms in total. The number of para-hydroxylation sites is 1. The molecule has 1 unspecified atom stereocenters. The summed E-state index contributed by atoms with van der Waals surface area (Å²) < 4.78 is 27.2. The lowest BCUT2D eigenvalue weighted by Crippen LogP contribution is -2.28. The molecule has 0 radical (unpaired) electrons. The fourth-order valence-electron chi connectivity index (χ4n) is 3.96. The van der Waals surface area contributed by atoms with Gasteiger partial charge in [0.05, 0.1) is 17.0 Å². The van der Waals surface area contributed by atoms with Gasteiger partial charge < -0.3 is 21.1 Å². The van der Waals surface area contributed by atoms with Crippen molar-refractivity contribution in [2.45, 2.75) is 23.1 Å². The van der Waals surface area contributed by atoms with E-state index in [0.717, 1.165) is 5.56 Å². The molecule has 0 saturated heterocycles. The van der Waals surface area contributed by atoms with Crippen molar-refractivity contribution >= 4 is 39.1 Å². The third-order valence-electron chi connectivity index (χ3n) is 5.93. The second-order valence-corrected chi connectivity index (χ2v) is 10.8. The van der Waals surface area contributed by atoms with Crippen LogP contribution in [-0.2, 0) is 21.2 Å². The van der Waals surface area contributed by atoms with Gasteiger partial charge in [-0.05, 0) is 53.6 Å². The highest BCUT2D eigenvalue weighted by Gasteiger charge is 2.33. The minimum atomic E-state index is -4.24. The number of sulfone groups is 1. The molecule has 0 fully saturated rings. The molecule has 0 saturated carbocycles. The van der Waals surface area contributed by atoms with Gasteiger partial charge in [0.1, 0.15) is 5.25 Å². The monoisotopic (exact) mass is 558 g/mol. The van der Waals surface area contributed by atoms with Crippen LogP contribution in [0.5, 0.6) is 0 Å². The molecular weight excluding hydrogens is 532 g/mol. The maximum atomic E-state index is 13.6. The first-order valence-corrected chi connectivity index (χ1v) is 13.7. The molecule has 0 spiro atoms. The minimum Gasteiger partial charge on any atom is -0.481 e. The number of aromatic nitrogens is 1. The lowest BCUT2D eigenvalue weighted by atomic mass is 10.1. The largest absolute Gasteiger partial charge is 0.481 e. The summed E-state index contributed by atoms with van der Waals surface area (Å²) in [6.45, 7) is 0.351. The molecule has 0 aliphatic heterocycles. The van der Waals surface area contributed by atoms with Crippen LogP contribution in [0.4, 0.5) is 16.2 Å². The predicted molar refractivity (Wildman–Crippen MR) is 150 cm³/mol. The first-order valence-electron chi connectivity index (χ1n) is 12.2. The predicted octanol–water partition coefficient (Wildman–Crippen LogP) is 4.65. The highest BCUT2D eigenvalue weighted by atomic mass is 32.2. The van der Waals surface area contributed by atoms with Crippen molar-refractivity contribution in [3.8, 4) is 0 Å². The van der Waals surface area contributed by atoms with Crippen LogP contribution in [0.15, 0.2) is 108 Å². The van der Waals surface area contributed by atoms with Crippen molar-refractivity contribution < 1.29 is 27.9 Å². The number of pyridine rings is 1. The van der Waals surface area contributed by atoms with Gasteiger partial charge >= 0.3 is 12.0 Å². The summed E-state index contributed by atoms with van der Waals surface area (Å²) in [5.74, 6) is -1.87. The Bertz CT molecular complexity index is 1590. The number of carboxylic acids is 1. The zero-order chi connectivity index (χ0) is 28.5. The van der Waals surface area contributed by atoms with Gasteiger partial charge in [0, 0.05) is 30.2 Å². The topological polar surface area (TPSA) is 155 Å². The molecule has 4 aromatic rings. The van der Waals surface area contributed by atoms with Crippen LogP contribution >= 0.6 is 0 Å². The fourth-order valence-corrected chi connectivity index (χ4v) is 5.82. The average Bonchev–Trinajstić information content (AvgIpc) is 2.96. The normalized spacial score (nSPS) is 11.7. The van der Waals surface area contributed by atoms with E-state index in [9.17, 15) is 27.9 Å². The molecule has 11 heteroatoms. The Labute approximate surface area is 231 Å². The number of amides is 3. The Balaban J connectivity index is 1.47. The molecule has 3 amide bonds. The molecule has 0 aliphatic rings. The van der Waals surface area contributed by atoms with Crippen LogP contribution in [0, 0.1) is 0 Å². The Hall–Kier alpha value is -5.03. The maximum Gasteiger partial charge on any atom is 0.319 e. The lowest BCUT2D eigenvalue weighted by molar-refractivity contribution is -0.137. The molecule has 1 heterocycles. The van der Waals surface area contributed by atoms with Gasteiger partial charge in [-0.25, -0.2) is 13.2 Å². The second-order valence-electron chi connectivity index (χ2n) is 8.74. The molecule has 40 heavy (non-hydrogen) atoms. The summed E-state index contributed by atoms with van der Waals surface area (Å²) in [7, 11) is -4.24. The molecule has 4 rings (SSSR count). The Morgan fingerprint density at radius 3 is 2.20 bits per heavy atom. The molecule has 0 bridgehead atoms. The molecule has 204 valence electrons. The van der Waals surface area contributed by atoms with Crippen LogP contribution < -0.4 is 16.0 Å². The third-order valence-corrected chi connectivity index (χ3v) is 8.09. The molecule has 3 aromatic carbocycles. The molecule has 0 aliphatic carbocycles. The summed E-state index contributed by atoms with van der Waals surface area (Å²) in [5.41, 5.74) is 1.85. The van der Waals surface area contributed by atoms with Gasteiger partial charge in [-0.1, -0.05) is 48.5 Å². The maximum absolute atomic E-state index is 13.6. The van der Waals surface area contributed by atoms with E-state index in [2.05, 4.69) is 20.9 Å². The number of nitrogens with zero attached hydrogens (tertiary/aromatic N) is 1. The van der Waals surface area contributed by atoms with E-state index in [1.54, 1.807) is 18.2 Å². The smallest absolute Gasteiger partial charge is 0.319 e. The van der Waals surface area contributed by atoms with Crippen LogP contribution in [0.3, 0.4) is 0 Å². The fraction of sp³-hybridized carbons (Fsp3) is 0.103. The van der Waals surface area contributed by atoms with Crippen molar-refractivity contribution in [1.82, 2.24) is 10.3 Å². The Morgan fingerprint density at radius 2 is 1.52 bits per heavy atom. The molecular formula is C29H26N4O6S. The van der Waals surface area contributed by atoms with Crippen LogP contribution in [0.25, 0.3) is 0 Å². The van der Waals surface area contributed by atoms with E-state index >= 15 is 0 Å². The van der Waals surface area contributed by atoms with E-state index < -0.39 is 39.4 Å². The van der Waals surface area contributed by atoms with E-state index in [0.29, 0.717) is 12.2 Å². The standard InChI is InChI=1S/C29H26N4O6S/c34-27(35)17-26(22-9-6-16-30-19-22)40(38,39)25-11-5-4-10-24(25)33-28(36)21-12-14-23(15-13-21)32-29(37)31-18-20-7-2-1-3-8-20/h1-16,19,26H,17-18H2,(H,33,36)(H,34,35)(H2,31,32,37). The van der Waals surface area contributed by atoms with Gasteiger partial charge in [-0.3, -0.25) is 14.6 Å². The number of hydrogen-bond acceptors (Lipinski definition) is 6. The second kappa shape index (κ2) is 12.7. The summed E-state index contributed by atoms with van der Waals surface area (Å²) in [5, 5.41) is 16.0. The van der Waals surface area contributed by atoms with Crippen molar-refractivity contribution in [1.29, 1.82) is 0 Å². The van der Waals surface area contributed by atoms with Gasteiger partial charge in [-0.2, -0.15) is 0 Å². The van der Waals surface area contributed by atoms with Crippen LogP contribution in [0.1, 0.15) is 33.2 Å². The summed E-state index contributed by atoms with van der Waals surface area (Å²) in [4.78, 5) is 40.4. The summed E-state index contributed by atoms with van der Waals surface area (Å²) in [6, 6.07) is 23.9. The SMILES string of the molecule is O=C(O)CC(c1cccnc1)S(=O)(=O)c1ccccc1NC(=O)c1ccc(NC(=O)NCc2ccccc2)cc1. The number of nitrogens with one attached hydrogen (secondary N) is 3. The summed E-state index contributed by atoms with van der Waals surface area (Å²) in [6.07, 6.45) is 2.09. The number of hydrogen-bond donors (Lipinski definition) is 4. The number of anilines is 2. The van der Waals surface area contributed by atoms with Gasteiger partial charge in [0.15, 0.2) is 9.84 Å². The number of carboxylic acid groups (broad SMARTS) is 1. The number of urea groups is 1. The Morgan fingerprint density at radius 1 is 0.825 bits per heavy atom. The molecule has 1 aromatic heterocycles. The highest BCUT2D eigenvalue weighted by molar-refractivity contribution is 7.91. The van der Waals surface area contributed by atoms with E-state index in [1.165, 1.54) is 54.9 Å². The quantitative estimate of drug-likeness (QED) is 0.221. The van der Waals surface area contributed by atoms with Crippen molar-refractivity contribution in [2.75, 3.05) is 10.6 Å². The number of carbonyl (C=O) groups is 3. The molecule has 1 atom stereocenters. The van der Waals surface area contributed by atoms with Gasteiger partial charge in [-0.15, -0.1) is 0 Å². The Kier molecular flexibility index (Phi) is 8.87. The number of carbonyl (C=O) groups excluding carboxylic acids is 2. The zero-order valence-electron chi connectivity index (χ0n) is 21.2. The van der Waals surface area contributed by atoms with Crippen LogP contribution in [0.2, 0.25) is 0 Å². The zero-order valence-corrected chi connectivity index (χ0v) is 22.0. The van der Waals surface area contributed by atoms with E-state index in [-0.39, 0.29) is 21.7 Å². The minimum absolute atomic E-state index is 0.00858. The number of rotatable bonds is 10. The van der Waals surface area contributed by atoms with Gasteiger partial charge in [0.25, 0.3) is 5.91 Å². The third kappa shape index (κ3) is 7.08. The van der Waals surface area contributed by atoms with Crippen molar-refractivity contribution in [3.63, 3.8) is 0 Å². The number of benzene rings is 3. The first kappa shape index (κ1) is 28.0. The average molecular weight is 559 g/mol. The molecule has 4 N–H and O–H groups in total. The van der Waals surface area contributed by atoms with E-state index in [1.807, 2.05) is 30.3 Å². The van der Waals surface area contributed by atoms with Gasteiger partial charge in [0.2, 0.25) is 0 Å². The van der Waals surface area contributed by atoms with Crippen molar-refractivity contribution in [3.05, 3.63) is 120 Å². The van der Waals surface area contributed by atoms with E-state index in [4.69, 9.17) is 0 Å². The van der Waals surface area contributed by atoms with Crippen LogP contribution in [-0.4, -0.2) is 36.4 Å². The number of aliphatic carboxylic acids is 1. The van der Waals surface area contributed by atoms with Crippen molar-refractivity contribution in [2.24, 2.45) is 0 Å².